The molecule has 1 aliphatic heterocycles. The maximum absolute atomic E-state index is 16.2. The van der Waals surface area contributed by atoms with E-state index in [9.17, 15) is 14.7 Å². The zero-order valence-corrected chi connectivity index (χ0v) is 22.4. The van der Waals surface area contributed by atoms with Gasteiger partial charge < -0.3 is 9.84 Å². The van der Waals surface area contributed by atoms with Crippen molar-refractivity contribution in [3.05, 3.63) is 116 Å². The number of carbonyl (C=O) groups is 2. The fourth-order valence-corrected chi connectivity index (χ4v) is 4.91. The van der Waals surface area contributed by atoms with E-state index in [0.29, 0.717) is 21.3 Å². The molecule has 2 atom stereocenters. The van der Waals surface area contributed by atoms with Gasteiger partial charge in [0.25, 0.3) is 5.91 Å². The van der Waals surface area contributed by atoms with Crippen LogP contribution in [0.4, 0.5) is 4.39 Å². The van der Waals surface area contributed by atoms with Gasteiger partial charge in [-0.15, -0.1) is 0 Å². The van der Waals surface area contributed by atoms with Gasteiger partial charge in [0.15, 0.2) is 11.5 Å². The lowest BCUT2D eigenvalue weighted by Gasteiger charge is -2.39. The van der Waals surface area contributed by atoms with Crippen molar-refractivity contribution in [2.75, 3.05) is 6.61 Å². The van der Waals surface area contributed by atoms with Crippen molar-refractivity contribution in [1.82, 2.24) is 19.7 Å². The van der Waals surface area contributed by atoms with E-state index in [0.717, 1.165) is 6.07 Å². The molecule has 0 bridgehead atoms. The second-order valence-corrected chi connectivity index (χ2v) is 10.2. The van der Waals surface area contributed by atoms with Gasteiger partial charge in [-0.3, -0.25) is 24.2 Å². The molecule has 0 saturated heterocycles. The highest BCUT2D eigenvalue weighted by Gasteiger charge is 2.54. The first-order valence-corrected chi connectivity index (χ1v) is 12.7. The summed E-state index contributed by atoms with van der Waals surface area (Å²) in [6.07, 6.45) is 3.39. The summed E-state index contributed by atoms with van der Waals surface area (Å²) in [5.41, 5.74) is -0.817. The van der Waals surface area contributed by atoms with Crippen molar-refractivity contribution >= 4 is 34.9 Å². The number of rotatable bonds is 8. The molecule has 0 spiro atoms. The average molecular weight is 569 g/mol. The number of aliphatic hydroxyl groups excluding tert-OH is 1. The highest BCUT2D eigenvalue weighted by atomic mass is 35.5. The zero-order chi connectivity index (χ0) is 27.9. The van der Waals surface area contributed by atoms with Crippen LogP contribution in [0, 0.1) is 5.82 Å². The standard InChI is InChI=1S/C28H23Cl2FN4O4/c1-16(36)15-39-28(19-3-5-20(29)6-4-19)25-23(27(38)35(28)14-22-8-7-21(30)12-32-22)9-17(10-24(25)31)26(37)18-11-33-34(2)13-18/h3-13,16,36H,14-15H2,1-2H3/t16?,28-/m1/s1. The lowest BCUT2D eigenvalue weighted by Crippen LogP contribution is -2.48. The minimum Gasteiger partial charge on any atom is -0.391 e. The maximum Gasteiger partial charge on any atom is 0.257 e. The molecule has 1 aliphatic rings. The van der Waals surface area contributed by atoms with E-state index >= 15 is 4.39 Å². The largest absolute Gasteiger partial charge is 0.391 e. The highest BCUT2D eigenvalue weighted by Crippen LogP contribution is 2.48. The van der Waals surface area contributed by atoms with Crippen LogP contribution < -0.4 is 0 Å². The Bertz CT molecular complexity index is 1560. The fraction of sp³-hybridized carbons (Fsp3) is 0.214. The highest BCUT2D eigenvalue weighted by molar-refractivity contribution is 6.30. The third-order valence-electron chi connectivity index (χ3n) is 6.39. The van der Waals surface area contributed by atoms with Crippen LogP contribution in [0.15, 0.2) is 67.1 Å². The lowest BCUT2D eigenvalue weighted by atomic mass is 9.90. The van der Waals surface area contributed by atoms with E-state index in [2.05, 4.69) is 10.1 Å². The average Bonchev–Trinajstić information content (AvgIpc) is 3.44. The molecular weight excluding hydrogens is 546 g/mol. The van der Waals surface area contributed by atoms with E-state index < -0.39 is 29.3 Å². The summed E-state index contributed by atoms with van der Waals surface area (Å²) >= 11 is 12.2. The van der Waals surface area contributed by atoms with Gasteiger partial charge in [0.1, 0.15) is 5.82 Å². The first-order chi connectivity index (χ1) is 18.6. The Morgan fingerprint density at radius 2 is 1.82 bits per heavy atom. The fourth-order valence-electron chi connectivity index (χ4n) is 4.68. The molecule has 2 aromatic carbocycles. The summed E-state index contributed by atoms with van der Waals surface area (Å²) in [6, 6.07) is 12.2. The topological polar surface area (TPSA) is 97.5 Å². The van der Waals surface area contributed by atoms with Gasteiger partial charge in [0.2, 0.25) is 0 Å². The second kappa shape index (κ2) is 10.5. The molecule has 1 amide bonds. The molecule has 11 heteroatoms. The molecule has 4 aromatic rings. The van der Waals surface area contributed by atoms with Crippen LogP contribution in [0.2, 0.25) is 10.0 Å². The summed E-state index contributed by atoms with van der Waals surface area (Å²) in [5.74, 6) is -1.89. The number of pyridine rings is 1. The molecule has 3 heterocycles. The normalized spacial score (nSPS) is 17.4. The van der Waals surface area contributed by atoms with E-state index in [4.69, 9.17) is 27.9 Å². The monoisotopic (exact) mass is 568 g/mol. The number of aliphatic hydroxyl groups is 1. The number of hydrogen-bond acceptors (Lipinski definition) is 6. The Morgan fingerprint density at radius 3 is 2.44 bits per heavy atom. The molecule has 200 valence electrons. The first-order valence-electron chi connectivity index (χ1n) is 12.0. The molecule has 1 N–H and O–H groups in total. The van der Waals surface area contributed by atoms with Crippen LogP contribution in [0.5, 0.6) is 0 Å². The third-order valence-corrected chi connectivity index (χ3v) is 6.87. The van der Waals surface area contributed by atoms with Crippen molar-refractivity contribution < 1.29 is 23.8 Å². The Kier molecular flexibility index (Phi) is 7.26. The van der Waals surface area contributed by atoms with Crippen molar-refractivity contribution in [2.45, 2.75) is 25.3 Å². The number of amides is 1. The second-order valence-electron chi connectivity index (χ2n) is 9.28. The van der Waals surface area contributed by atoms with E-state index in [1.54, 1.807) is 43.4 Å². The number of ketones is 1. The predicted octanol–water partition coefficient (Wildman–Crippen LogP) is 4.75. The number of halogens is 3. The number of ether oxygens (including phenoxy) is 1. The number of hydrogen-bond donors (Lipinski definition) is 1. The number of fused-ring (bicyclic) bond motifs is 1. The minimum atomic E-state index is -1.80. The number of aryl methyl sites for hydroxylation is 1. The Morgan fingerprint density at radius 1 is 1.10 bits per heavy atom. The molecule has 0 fully saturated rings. The number of carbonyl (C=O) groups excluding carboxylic acids is 2. The van der Waals surface area contributed by atoms with Crippen molar-refractivity contribution in [1.29, 1.82) is 0 Å². The van der Waals surface area contributed by atoms with Gasteiger partial charge >= 0.3 is 0 Å². The minimum absolute atomic E-state index is 0.0143. The molecule has 39 heavy (non-hydrogen) atoms. The Balaban J connectivity index is 1.72. The van der Waals surface area contributed by atoms with E-state index in [-0.39, 0.29) is 35.4 Å². The van der Waals surface area contributed by atoms with Gasteiger partial charge in [-0.2, -0.15) is 5.10 Å². The summed E-state index contributed by atoms with van der Waals surface area (Å²) in [4.78, 5) is 32.8. The Labute approximate surface area is 233 Å². The smallest absolute Gasteiger partial charge is 0.257 e. The van der Waals surface area contributed by atoms with Crippen LogP contribution in [0.25, 0.3) is 0 Å². The summed E-state index contributed by atoms with van der Waals surface area (Å²) in [6.45, 7) is 1.21. The summed E-state index contributed by atoms with van der Waals surface area (Å²) in [7, 11) is 1.66. The van der Waals surface area contributed by atoms with E-state index in [1.165, 1.54) is 41.2 Å². The van der Waals surface area contributed by atoms with Gasteiger partial charge in [0.05, 0.1) is 52.9 Å². The Hall–Kier alpha value is -3.63. The lowest BCUT2D eigenvalue weighted by molar-refractivity contribution is -0.132. The van der Waals surface area contributed by atoms with Gasteiger partial charge in [-0.25, -0.2) is 4.39 Å². The molecule has 2 aromatic heterocycles. The predicted molar refractivity (Wildman–Crippen MR) is 142 cm³/mol. The van der Waals surface area contributed by atoms with Gasteiger partial charge in [0, 0.05) is 35.6 Å². The quantitative estimate of drug-likeness (QED) is 0.308. The molecule has 5 rings (SSSR count). The molecule has 8 nitrogen and oxygen atoms in total. The zero-order valence-electron chi connectivity index (χ0n) is 20.9. The van der Waals surface area contributed by atoms with Crippen LogP contribution in [0.1, 0.15) is 50.0 Å². The first kappa shape index (κ1) is 27.0. The van der Waals surface area contributed by atoms with Crippen molar-refractivity contribution in [2.24, 2.45) is 7.05 Å². The summed E-state index contributed by atoms with van der Waals surface area (Å²) in [5, 5.41) is 15.0. The number of benzene rings is 2. The van der Waals surface area contributed by atoms with Crippen LogP contribution in [-0.4, -0.2) is 49.2 Å². The van der Waals surface area contributed by atoms with Crippen LogP contribution >= 0.6 is 23.2 Å². The van der Waals surface area contributed by atoms with Crippen molar-refractivity contribution in [3.8, 4) is 0 Å². The van der Waals surface area contributed by atoms with Crippen molar-refractivity contribution in [3.63, 3.8) is 0 Å². The number of aromatic nitrogens is 3. The molecule has 0 saturated carbocycles. The van der Waals surface area contributed by atoms with E-state index in [1.807, 2.05) is 0 Å². The molecule has 1 unspecified atom stereocenters. The van der Waals surface area contributed by atoms with Crippen LogP contribution in [0.3, 0.4) is 0 Å². The summed E-state index contributed by atoms with van der Waals surface area (Å²) < 4.78 is 23.9. The van der Waals surface area contributed by atoms with Gasteiger partial charge in [-0.05, 0) is 43.3 Å². The molecule has 0 aliphatic carbocycles. The maximum atomic E-state index is 16.2. The van der Waals surface area contributed by atoms with Crippen LogP contribution in [-0.2, 0) is 24.1 Å². The molecular formula is C28H23Cl2FN4O4. The van der Waals surface area contributed by atoms with Gasteiger partial charge in [-0.1, -0.05) is 35.3 Å². The third kappa shape index (κ3) is 4.94. The number of nitrogens with zero attached hydrogens (tertiary/aromatic N) is 4. The molecule has 0 radical (unpaired) electrons. The SMILES string of the molecule is CC(O)CO[C@]1(c2ccc(Cl)cc2)c2c(F)cc(C(=O)c3cnn(C)c3)cc2C(=O)N1Cc1ccc(Cl)cn1.